The number of amides is 1. The Morgan fingerprint density at radius 1 is 1.10 bits per heavy atom. The van der Waals surface area contributed by atoms with Gasteiger partial charge in [0.2, 0.25) is 5.91 Å². The SMILES string of the molecule is COc1ccc(Cl)cc1CN[C@H]1[C@H](C(C)(C)C)[C@@H](C(=O)O)N(C(=O)C2CCCCC2)[C@H]1c1ncccc1OC. The number of nitrogens with zero attached hydrogens (tertiary/aromatic N) is 2. The molecule has 2 N–H and O–H groups in total. The zero-order valence-corrected chi connectivity index (χ0v) is 24.2. The fraction of sp³-hybridized carbons (Fsp3) is 0.567. The molecule has 212 valence electrons. The number of nitrogens with one attached hydrogen (secondary N) is 1. The lowest BCUT2D eigenvalue weighted by atomic mass is 9.72. The number of likely N-dealkylation sites (tertiary alicyclic amines) is 1. The van der Waals surface area contributed by atoms with E-state index in [0.29, 0.717) is 28.8 Å². The first kappa shape index (κ1) is 29.2. The van der Waals surface area contributed by atoms with Crippen LogP contribution in [0.3, 0.4) is 0 Å². The summed E-state index contributed by atoms with van der Waals surface area (Å²) in [5, 5.41) is 14.9. The molecule has 2 heterocycles. The predicted octanol–water partition coefficient (Wildman–Crippen LogP) is 5.49. The summed E-state index contributed by atoms with van der Waals surface area (Å²) >= 11 is 6.31. The number of carboxylic acid groups (broad SMARTS) is 1. The Hall–Kier alpha value is -2.84. The molecule has 1 aliphatic carbocycles. The first-order valence-corrected chi connectivity index (χ1v) is 14.1. The minimum absolute atomic E-state index is 0.112. The summed E-state index contributed by atoms with van der Waals surface area (Å²) in [6, 6.07) is 6.89. The summed E-state index contributed by atoms with van der Waals surface area (Å²) in [5.41, 5.74) is 0.937. The molecule has 0 spiro atoms. The molecule has 0 bridgehead atoms. The molecule has 2 aliphatic rings. The van der Waals surface area contributed by atoms with Gasteiger partial charge in [-0.05, 0) is 48.6 Å². The van der Waals surface area contributed by atoms with E-state index in [1.807, 2.05) is 39.0 Å². The van der Waals surface area contributed by atoms with Crippen molar-refractivity contribution in [3.8, 4) is 11.5 Å². The van der Waals surface area contributed by atoms with Crippen LogP contribution in [-0.2, 0) is 16.1 Å². The van der Waals surface area contributed by atoms with Crippen molar-refractivity contribution in [3.05, 3.63) is 52.8 Å². The van der Waals surface area contributed by atoms with Crippen molar-refractivity contribution in [3.63, 3.8) is 0 Å². The number of carbonyl (C=O) groups excluding carboxylic acids is 1. The van der Waals surface area contributed by atoms with E-state index in [0.717, 1.165) is 37.7 Å². The van der Waals surface area contributed by atoms with Gasteiger partial charge in [0.05, 0.1) is 20.3 Å². The molecule has 4 rings (SSSR count). The van der Waals surface area contributed by atoms with Gasteiger partial charge in [-0.25, -0.2) is 4.79 Å². The maximum Gasteiger partial charge on any atom is 0.326 e. The van der Waals surface area contributed by atoms with Crippen molar-refractivity contribution in [2.45, 2.75) is 77.5 Å². The molecule has 0 radical (unpaired) electrons. The molecule has 2 fully saturated rings. The highest BCUT2D eigenvalue weighted by Crippen LogP contribution is 2.50. The molecular weight excluding hydrogens is 518 g/mol. The van der Waals surface area contributed by atoms with Crippen molar-refractivity contribution in [1.29, 1.82) is 0 Å². The van der Waals surface area contributed by atoms with Gasteiger partial charge >= 0.3 is 5.97 Å². The van der Waals surface area contributed by atoms with Crippen molar-refractivity contribution in [2.75, 3.05) is 14.2 Å². The number of halogens is 1. The van der Waals surface area contributed by atoms with E-state index in [-0.39, 0.29) is 11.8 Å². The second kappa shape index (κ2) is 12.1. The Balaban J connectivity index is 1.86. The Morgan fingerprint density at radius 3 is 2.41 bits per heavy atom. The van der Waals surface area contributed by atoms with E-state index in [9.17, 15) is 14.7 Å². The molecular formula is C30H40ClN3O5. The number of methoxy groups -OCH3 is 2. The molecule has 1 saturated carbocycles. The molecule has 1 aromatic heterocycles. The summed E-state index contributed by atoms with van der Waals surface area (Å²) in [7, 11) is 3.17. The normalized spacial score (nSPS) is 24.0. The zero-order valence-electron chi connectivity index (χ0n) is 23.4. The number of carboxylic acids is 1. The van der Waals surface area contributed by atoms with E-state index in [1.54, 1.807) is 37.4 Å². The molecule has 1 aliphatic heterocycles. The van der Waals surface area contributed by atoms with Crippen LogP contribution < -0.4 is 14.8 Å². The highest BCUT2D eigenvalue weighted by atomic mass is 35.5. The summed E-state index contributed by atoms with van der Waals surface area (Å²) in [6.45, 7) is 6.46. The molecule has 0 unspecified atom stereocenters. The number of pyridine rings is 1. The van der Waals surface area contributed by atoms with Crippen LogP contribution in [0.5, 0.6) is 11.5 Å². The van der Waals surface area contributed by atoms with Crippen molar-refractivity contribution >= 4 is 23.5 Å². The largest absolute Gasteiger partial charge is 0.496 e. The maximum absolute atomic E-state index is 14.3. The topological polar surface area (TPSA) is 101 Å². The van der Waals surface area contributed by atoms with Crippen LogP contribution in [-0.4, -0.2) is 53.2 Å². The second-order valence-corrected chi connectivity index (χ2v) is 12.1. The van der Waals surface area contributed by atoms with Gasteiger partial charge in [-0.3, -0.25) is 9.78 Å². The average Bonchev–Trinajstić information content (AvgIpc) is 3.28. The number of hydrogen-bond acceptors (Lipinski definition) is 6. The van der Waals surface area contributed by atoms with E-state index >= 15 is 0 Å². The first-order valence-electron chi connectivity index (χ1n) is 13.7. The predicted molar refractivity (Wildman–Crippen MR) is 150 cm³/mol. The monoisotopic (exact) mass is 557 g/mol. The van der Waals surface area contributed by atoms with E-state index < -0.39 is 35.4 Å². The van der Waals surface area contributed by atoms with Crippen LogP contribution in [0, 0.1) is 17.3 Å². The summed E-state index contributed by atoms with van der Waals surface area (Å²) in [4.78, 5) is 33.6. The molecule has 1 saturated heterocycles. The fourth-order valence-corrected chi connectivity index (χ4v) is 6.68. The third-order valence-corrected chi connectivity index (χ3v) is 8.43. The van der Waals surface area contributed by atoms with Crippen LogP contribution in [0.1, 0.15) is 70.2 Å². The second-order valence-electron chi connectivity index (χ2n) is 11.7. The maximum atomic E-state index is 14.3. The molecule has 8 nitrogen and oxygen atoms in total. The van der Waals surface area contributed by atoms with Gasteiger partial charge in [-0.15, -0.1) is 0 Å². The number of benzene rings is 1. The standard InChI is InChI=1S/C30H40ClN3O5/c1-30(2,3)23-25(33-17-19-16-20(31)13-14-21(19)38-4)27(24-22(39-5)12-9-15-32-24)34(26(23)29(36)37)28(35)18-10-7-6-8-11-18/h9,12-16,18,23,25-27,33H,6-8,10-11,17H2,1-5H3,(H,36,37)/t23-,25-,26-,27-/m0/s1. The van der Waals surface area contributed by atoms with Gasteiger partial charge < -0.3 is 24.8 Å². The van der Waals surface area contributed by atoms with Crippen LogP contribution in [0.25, 0.3) is 0 Å². The van der Waals surface area contributed by atoms with Crippen molar-refractivity contribution in [1.82, 2.24) is 15.2 Å². The lowest BCUT2D eigenvalue weighted by molar-refractivity contribution is -0.154. The third kappa shape index (κ3) is 6.02. The average molecular weight is 558 g/mol. The molecule has 9 heteroatoms. The molecule has 1 aromatic carbocycles. The van der Waals surface area contributed by atoms with Crippen molar-refractivity contribution < 1.29 is 24.2 Å². The van der Waals surface area contributed by atoms with Gasteiger partial charge in [0, 0.05) is 41.2 Å². The number of hydrogen-bond donors (Lipinski definition) is 2. The van der Waals surface area contributed by atoms with Gasteiger partial charge in [0.1, 0.15) is 23.2 Å². The highest BCUT2D eigenvalue weighted by Gasteiger charge is 2.59. The van der Waals surface area contributed by atoms with E-state index in [1.165, 1.54) is 0 Å². The molecule has 1 amide bonds. The lowest BCUT2D eigenvalue weighted by Crippen LogP contribution is -2.49. The van der Waals surface area contributed by atoms with E-state index in [4.69, 9.17) is 21.1 Å². The van der Waals surface area contributed by atoms with Crippen LogP contribution in [0.15, 0.2) is 36.5 Å². The van der Waals surface area contributed by atoms with Crippen LogP contribution >= 0.6 is 11.6 Å². The number of aromatic nitrogens is 1. The summed E-state index contributed by atoms with van der Waals surface area (Å²) in [5.74, 6) is -0.555. The van der Waals surface area contributed by atoms with E-state index in [2.05, 4.69) is 10.3 Å². The number of carbonyl (C=O) groups is 2. The van der Waals surface area contributed by atoms with Crippen LogP contribution in [0.4, 0.5) is 0 Å². The quantitative estimate of drug-likeness (QED) is 0.442. The number of ether oxygens (including phenoxy) is 2. The zero-order chi connectivity index (χ0) is 28.3. The Bertz CT molecular complexity index is 1180. The van der Waals surface area contributed by atoms with Gasteiger partial charge in [-0.2, -0.15) is 0 Å². The number of rotatable bonds is 8. The summed E-state index contributed by atoms with van der Waals surface area (Å²) in [6.07, 6.45) is 6.24. The Kier molecular flexibility index (Phi) is 9.07. The van der Waals surface area contributed by atoms with Gasteiger partial charge in [0.15, 0.2) is 0 Å². The minimum atomic E-state index is -1.03. The van der Waals surface area contributed by atoms with Crippen LogP contribution in [0.2, 0.25) is 5.02 Å². The Labute approximate surface area is 236 Å². The molecule has 39 heavy (non-hydrogen) atoms. The van der Waals surface area contributed by atoms with Crippen molar-refractivity contribution in [2.24, 2.45) is 17.3 Å². The third-order valence-electron chi connectivity index (χ3n) is 8.20. The summed E-state index contributed by atoms with van der Waals surface area (Å²) < 4.78 is 11.3. The highest BCUT2D eigenvalue weighted by molar-refractivity contribution is 6.30. The van der Waals surface area contributed by atoms with Gasteiger partial charge in [-0.1, -0.05) is 51.6 Å². The molecule has 2 aromatic rings. The first-order chi connectivity index (χ1) is 18.6. The lowest BCUT2D eigenvalue weighted by Gasteiger charge is -2.36. The minimum Gasteiger partial charge on any atom is -0.496 e. The fourth-order valence-electron chi connectivity index (χ4n) is 6.48. The van der Waals surface area contributed by atoms with Gasteiger partial charge in [0.25, 0.3) is 0 Å². The number of aliphatic carboxylic acids is 1. The Morgan fingerprint density at radius 2 is 1.79 bits per heavy atom. The smallest absolute Gasteiger partial charge is 0.326 e. The molecule has 4 atom stereocenters.